The Bertz CT molecular complexity index is 1440. The van der Waals surface area contributed by atoms with Crippen molar-refractivity contribution in [3.05, 3.63) is 84.7 Å². The van der Waals surface area contributed by atoms with Gasteiger partial charge >= 0.3 is 17.3 Å². The fourth-order valence-electron chi connectivity index (χ4n) is 3.41. The maximum absolute atomic E-state index is 13.5. The Morgan fingerprint density at radius 1 is 1.03 bits per heavy atom. The zero-order valence-corrected chi connectivity index (χ0v) is 21.8. The Labute approximate surface area is 217 Å². The molecule has 0 aliphatic rings. The summed E-state index contributed by atoms with van der Waals surface area (Å²) >= 11 is 12.3. The quantitative estimate of drug-likeness (QED) is 0.349. The lowest BCUT2D eigenvalue weighted by atomic mass is 10.2. The van der Waals surface area contributed by atoms with Gasteiger partial charge in [0, 0.05) is 11.6 Å². The van der Waals surface area contributed by atoms with Gasteiger partial charge in [-0.05, 0) is 49.7 Å². The number of hydrogen-bond acceptors (Lipinski definition) is 7. The van der Waals surface area contributed by atoms with Gasteiger partial charge in [0.15, 0.2) is 0 Å². The van der Waals surface area contributed by atoms with Crippen LogP contribution in [0.4, 0.5) is 5.69 Å². The molecule has 0 saturated carbocycles. The largest absolute Gasteiger partial charge is 0.489 e. The van der Waals surface area contributed by atoms with Crippen LogP contribution in [0.15, 0.2) is 57.0 Å². The minimum Gasteiger partial charge on any atom is -0.489 e. The fraction of sp³-hybridized carbons (Fsp3) is 0.333. The van der Waals surface area contributed by atoms with Crippen molar-refractivity contribution in [2.75, 3.05) is 13.0 Å². The lowest BCUT2D eigenvalue weighted by Gasteiger charge is -2.16. The average molecular weight is 536 g/mol. The predicted molar refractivity (Wildman–Crippen MR) is 137 cm³/mol. The second-order valence-electron chi connectivity index (χ2n) is 8.38. The van der Waals surface area contributed by atoms with Gasteiger partial charge in [0.2, 0.25) is 5.62 Å². The van der Waals surface area contributed by atoms with Crippen LogP contribution in [-0.4, -0.2) is 33.0 Å². The highest BCUT2D eigenvalue weighted by Gasteiger charge is 2.20. The number of carbonyl (C=O) groups excluding carboxylic acids is 1. The molecule has 12 heteroatoms. The molecule has 0 saturated heterocycles. The molecule has 1 aromatic heterocycles. The molecule has 10 nitrogen and oxygen atoms in total. The number of nitrogens with zero attached hydrogens (tertiary/aromatic N) is 4. The van der Waals surface area contributed by atoms with E-state index in [1.807, 2.05) is 13.8 Å². The van der Waals surface area contributed by atoms with Crippen LogP contribution in [0.1, 0.15) is 26.3 Å². The Balaban J connectivity index is 2.22. The molecule has 3 aromatic rings. The lowest BCUT2D eigenvalue weighted by Crippen LogP contribution is -2.58. The third-order valence-corrected chi connectivity index (χ3v) is 5.72. The van der Waals surface area contributed by atoms with Crippen molar-refractivity contribution in [3.8, 4) is 5.75 Å². The van der Waals surface area contributed by atoms with E-state index in [0.717, 1.165) is 9.24 Å². The van der Waals surface area contributed by atoms with Crippen molar-refractivity contribution in [1.29, 1.82) is 0 Å². The summed E-state index contributed by atoms with van der Waals surface area (Å²) in [6, 6.07) is 11.6. The number of rotatable bonds is 8. The standard InChI is InChI=1S/C24H27Cl2N5O5/c1-14(2)36-20-10-9-18(11-19(20)26)28-22-29(13-16-5-7-17(25)8-6-16)23(33)30(24(34)31(22)27)12-15(3)21(32)35-4/h5-11,14-15H,12-13,27H2,1-4H3/b28-22-/t15-/m0/s1. The van der Waals surface area contributed by atoms with Gasteiger partial charge < -0.3 is 15.3 Å². The summed E-state index contributed by atoms with van der Waals surface area (Å²) < 4.78 is 13.2. The molecular formula is C24H27Cl2N5O5. The van der Waals surface area contributed by atoms with Crippen molar-refractivity contribution < 1.29 is 14.3 Å². The maximum atomic E-state index is 13.5. The Morgan fingerprint density at radius 2 is 1.69 bits per heavy atom. The van der Waals surface area contributed by atoms with Gasteiger partial charge in [0.05, 0.1) is 36.4 Å². The number of carbonyl (C=O) groups is 1. The fourth-order valence-corrected chi connectivity index (χ4v) is 3.76. The number of methoxy groups -OCH3 is 1. The molecule has 0 amide bonds. The summed E-state index contributed by atoms with van der Waals surface area (Å²) in [7, 11) is 1.23. The van der Waals surface area contributed by atoms with Crippen LogP contribution in [0.3, 0.4) is 0 Å². The molecule has 0 aliphatic heterocycles. The van der Waals surface area contributed by atoms with Crippen molar-refractivity contribution in [1.82, 2.24) is 13.8 Å². The zero-order valence-electron chi connectivity index (χ0n) is 20.3. The first-order chi connectivity index (χ1) is 17.0. The number of nitrogens with two attached hydrogens (primary N) is 1. The minimum atomic E-state index is -0.840. The number of esters is 1. The molecule has 36 heavy (non-hydrogen) atoms. The molecular weight excluding hydrogens is 509 g/mol. The summed E-state index contributed by atoms with van der Waals surface area (Å²) in [4.78, 5) is 42.9. The monoisotopic (exact) mass is 535 g/mol. The van der Waals surface area contributed by atoms with Crippen LogP contribution in [0.25, 0.3) is 0 Å². The van der Waals surface area contributed by atoms with E-state index in [-0.39, 0.29) is 24.8 Å². The third-order valence-electron chi connectivity index (χ3n) is 5.18. The number of ether oxygens (including phenoxy) is 2. The summed E-state index contributed by atoms with van der Waals surface area (Å²) in [5.41, 5.74) is -0.595. The first-order valence-corrected chi connectivity index (χ1v) is 11.8. The number of benzene rings is 2. The number of aromatic nitrogens is 3. The summed E-state index contributed by atoms with van der Waals surface area (Å²) in [5, 5.41) is 0.834. The topological polar surface area (TPSA) is 123 Å². The summed E-state index contributed by atoms with van der Waals surface area (Å²) in [6.45, 7) is 5.09. The van der Waals surface area contributed by atoms with Crippen LogP contribution in [-0.2, 0) is 22.6 Å². The number of hydrogen-bond donors (Lipinski definition) is 1. The molecule has 1 atom stereocenters. The average Bonchev–Trinajstić information content (AvgIpc) is 2.84. The van der Waals surface area contributed by atoms with E-state index in [1.54, 1.807) is 49.4 Å². The predicted octanol–water partition coefficient (Wildman–Crippen LogP) is 2.71. The SMILES string of the molecule is COC(=O)[C@@H](C)Cn1c(=O)n(N)/c(=N\c2ccc(OC(C)C)c(Cl)c2)n(Cc2ccc(Cl)cc2)c1=O. The van der Waals surface area contributed by atoms with Gasteiger partial charge in [-0.25, -0.2) is 19.1 Å². The minimum absolute atomic E-state index is 0.0290. The molecule has 2 aromatic carbocycles. The van der Waals surface area contributed by atoms with Gasteiger partial charge in [-0.1, -0.05) is 42.3 Å². The van der Waals surface area contributed by atoms with Crippen LogP contribution >= 0.6 is 23.2 Å². The highest BCUT2D eigenvalue weighted by Crippen LogP contribution is 2.29. The molecule has 2 N–H and O–H groups in total. The third kappa shape index (κ3) is 6.19. The Kier molecular flexibility index (Phi) is 8.65. The van der Waals surface area contributed by atoms with Gasteiger partial charge in [-0.2, -0.15) is 4.68 Å². The highest BCUT2D eigenvalue weighted by atomic mass is 35.5. The van der Waals surface area contributed by atoms with E-state index >= 15 is 0 Å². The van der Waals surface area contributed by atoms with E-state index in [1.165, 1.54) is 11.7 Å². The number of halogens is 2. The van der Waals surface area contributed by atoms with E-state index in [0.29, 0.717) is 27.0 Å². The highest BCUT2D eigenvalue weighted by molar-refractivity contribution is 6.32. The van der Waals surface area contributed by atoms with Crippen molar-refractivity contribution in [3.63, 3.8) is 0 Å². The molecule has 192 valence electrons. The number of nitrogen functional groups attached to an aromatic ring is 1. The lowest BCUT2D eigenvalue weighted by molar-refractivity contribution is -0.145. The molecule has 0 aliphatic carbocycles. The van der Waals surface area contributed by atoms with Crippen LogP contribution in [0.2, 0.25) is 10.0 Å². The van der Waals surface area contributed by atoms with Crippen LogP contribution in [0.5, 0.6) is 5.75 Å². The van der Waals surface area contributed by atoms with Gasteiger partial charge in [-0.3, -0.25) is 9.36 Å². The maximum Gasteiger partial charge on any atom is 0.353 e. The van der Waals surface area contributed by atoms with Gasteiger partial charge in [0.1, 0.15) is 5.75 Å². The smallest absolute Gasteiger partial charge is 0.353 e. The van der Waals surface area contributed by atoms with Gasteiger partial charge in [-0.15, -0.1) is 0 Å². The van der Waals surface area contributed by atoms with Crippen LogP contribution in [0, 0.1) is 5.92 Å². The van der Waals surface area contributed by atoms with E-state index in [2.05, 4.69) is 4.99 Å². The van der Waals surface area contributed by atoms with Crippen LogP contribution < -0.4 is 27.6 Å². The molecule has 0 fully saturated rings. The molecule has 0 bridgehead atoms. The molecule has 1 heterocycles. The Hall–Kier alpha value is -3.50. The second kappa shape index (κ2) is 11.5. The molecule has 0 radical (unpaired) electrons. The molecule has 0 spiro atoms. The zero-order chi connectivity index (χ0) is 26.6. The van der Waals surface area contributed by atoms with Crippen molar-refractivity contribution in [2.45, 2.75) is 40.0 Å². The first-order valence-electron chi connectivity index (χ1n) is 11.1. The van der Waals surface area contributed by atoms with E-state index in [4.69, 9.17) is 38.5 Å². The second-order valence-corrected chi connectivity index (χ2v) is 9.22. The van der Waals surface area contributed by atoms with E-state index in [9.17, 15) is 14.4 Å². The molecule has 3 rings (SSSR count). The van der Waals surface area contributed by atoms with Gasteiger partial charge in [0.25, 0.3) is 0 Å². The first kappa shape index (κ1) is 27.1. The summed E-state index contributed by atoms with van der Waals surface area (Å²) in [6.07, 6.45) is -0.0824. The normalized spacial score (nSPS) is 12.6. The summed E-state index contributed by atoms with van der Waals surface area (Å²) in [5.74, 6) is 5.27. The van der Waals surface area contributed by atoms with Crippen molar-refractivity contribution >= 4 is 34.9 Å². The molecule has 0 unspecified atom stereocenters. The van der Waals surface area contributed by atoms with Crippen molar-refractivity contribution in [2.24, 2.45) is 10.9 Å². The van der Waals surface area contributed by atoms with E-state index < -0.39 is 23.3 Å². The Morgan fingerprint density at radius 3 is 2.28 bits per heavy atom.